The Kier molecular flexibility index (Phi) is 4.50. The Hall–Kier alpha value is -3.35. The summed E-state index contributed by atoms with van der Waals surface area (Å²) in [5.74, 6) is -0.316. The maximum atomic E-state index is 12.7. The zero-order valence-electron chi connectivity index (χ0n) is 14.9. The van der Waals surface area contributed by atoms with E-state index >= 15 is 0 Å². The molecule has 1 atom stereocenters. The predicted octanol–water partition coefficient (Wildman–Crippen LogP) is 2.13. The Morgan fingerprint density at radius 3 is 3.04 bits per heavy atom. The monoisotopic (exact) mass is 364 g/mol. The quantitative estimate of drug-likeness (QED) is 0.726. The second kappa shape index (κ2) is 7.11. The van der Waals surface area contributed by atoms with Gasteiger partial charge in [0.2, 0.25) is 11.8 Å². The molecule has 7 heteroatoms. The summed E-state index contributed by atoms with van der Waals surface area (Å²) < 4.78 is 7.25. The predicted molar refractivity (Wildman–Crippen MR) is 101 cm³/mol. The van der Waals surface area contributed by atoms with Crippen molar-refractivity contribution in [2.24, 2.45) is 0 Å². The Balaban J connectivity index is 1.45. The van der Waals surface area contributed by atoms with Gasteiger partial charge >= 0.3 is 0 Å². The lowest BCUT2D eigenvalue weighted by atomic mass is 9.89. The minimum absolute atomic E-state index is 0.125. The lowest BCUT2D eigenvalue weighted by molar-refractivity contribution is -0.126. The third-order valence-corrected chi connectivity index (χ3v) is 4.72. The van der Waals surface area contributed by atoms with Crippen molar-refractivity contribution in [1.29, 1.82) is 0 Å². The summed E-state index contributed by atoms with van der Waals surface area (Å²) in [6.45, 7) is 0.458. The number of nitrogens with zero attached hydrogens (tertiary/aromatic N) is 2. The molecule has 7 nitrogen and oxygen atoms in total. The highest BCUT2D eigenvalue weighted by atomic mass is 16.5. The van der Waals surface area contributed by atoms with E-state index in [1.54, 1.807) is 13.2 Å². The average Bonchev–Trinajstić information content (AvgIpc) is 3.09. The number of carbonyl (C=O) groups is 2. The second-order valence-corrected chi connectivity index (χ2v) is 6.47. The van der Waals surface area contributed by atoms with Crippen molar-refractivity contribution >= 4 is 23.1 Å². The third-order valence-electron chi connectivity index (χ3n) is 4.72. The standard InChI is InChI=1S/C20H20N4O3/c1-27-16-6-4-5-14-15(11-18(25)23-19(14)16)20(26)21-9-8-13-12-24-10-3-2-7-17(24)22-13/h2-7,10,12,15H,8-9,11H2,1H3,(H,21,26)(H,23,25). The van der Waals surface area contributed by atoms with Gasteiger partial charge in [0.1, 0.15) is 11.4 Å². The number of aromatic nitrogens is 2. The Morgan fingerprint density at radius 2 is 2.22 bits per heavy atom. The molecule has 0 saturated heterocycles. The second-order valence-electron chi connectivity index (χ2n) is 6.47. The highest BCUT2D eigenvalue weighted by Crippen LogP contribution is 2.38. The van der Waals surface area contributed by atoms with Crippen molar-refractivity contribution in [1.82, 2.24) is 14.7 Å². The first-order valence-electron chi connectivity index (χ1n) is 8.83. The fourth-order valence-electron chi connectivity index (χ4n) is 3.41. The molecule has 2 aromatic heterocycles. The van der Waals surface area contributed by atoms with Gasteiger partial charge in [0.15, 0.2) is 0 Å². The number of imidazole rings is 1. The van der Waals surface area contributed by atoms with Crippen LogP contribution in [0.25, 0.3) is 5.65 Å². The van der Waals surface area contributed by atoms with Gasteiger partial charge in [0.05, 0.1) is 24.4 Å². The van der Waals surface area contributed by atoms with Crippen molar-refractivity contribution in [2.75, 3.05) is 19.0 Å². The highest BCUT2D eigenvalue weighted by Gasteiger charge is 2.32. The SMILES string of the molecule is COc1cccc2c1NC(=O)CC2C(=O)NCCc1cn2ccccc2n1. The first-order chi connectivity index (χ1) is 13.2. The molecule has 1 aliphatic rings. The van der Waals surface area contributed by atoms with E-state index < -0.39 is 5.92 Å². The van der Waals surface area contributed by atoms with Gasteiger partial charge in [-0.25, -0.2) is 4.98 Å². The summed E-state index contributed by atoms with van der Waals surface area (Å²) >= 11 is 0. The lowest BCUT2D eigenvalue weighted by Crippen LogP contribution is -2.36. The number of methoxy groups -OCH3 is 1. The minimum atomic E-state index is -0.523. The number of anilines is 1. The molecule has 1 aliphatic heterocycles. The number of fused-ring (bicyclic) bond motifs is 2. The van der Waals surface area contributed by atoms with E-state index in [1.807, 2.05) is 47.1 Å². The van der Waals surface area contributed by atoms with Crippen LogP contribution in [0.15, 0.2) is 48.8 Å². The van der Waals surface area contributed by atoms with Gasteiger partial charge < -0.3 is 19.8 Å². The summed E-state index contributed by atoms with van der Waals surface area (Å²) in [4.78, 5) is 29.3. The highest BCUT2D eigenvalue weighted by molar-refractivity contribution is 6.02. The van der Waals surface area contributed by atoms with Crippen LogP contribution in [-0.4, -0.2) is 34.9 Å². The fraction of sp³-hybridized carbons (Fsp3) is 0.250. The molecule has 138 valence electrons. The maximum Gasteiger partial charge on any atom is 0.228 e. The Morgan fingerprint density at radius 1 is 1.33 bits per heavy atom. The van der Waals surface area contributed by atoms with Gasteiger partial charge in [-0.1, -0.05) is 18.2 Å². The molecule has 0 saturated carbocycles. The van der Waals surface area contributed by atoms with Crippen LogP contribution in [0.2, 0.25) is 0 Å². The summed E-state index contributed by atoms with van der Waals surface area (Å²) in [5.41, 5.74) is 3.14. The molecule has 2 N–H and O–H groups in total. The van der Waals surface area contributed by atoms with Crippen LogP contribution in [0.5, 0.6) is 5.75 Å². The molecule has 4 rings (SSSR count). The van der Waals surface area contributed by atoms with E-state index in [9.17, 15) is 9.59 Å². The topological polar surface area (TPSA) is 84.7 Å². The number of pyridine rings is 1. The summed E-state index contributed by atoms with van der Waals surface area (Å²) in [5, 5.41) is 5.74. The summed E-state index contributed by atoms with van der Waals surface area (Å²) in [6.07, 6.45) is 4.64. The molecule has 0 aliphatic carbocycles. The normalized spacial score (nSPS) is 15.9. The summed E-state index contributed by atoms with van der Waals surface area (Å²) in [7, 11) is 1.54. The summed E-state index contributed by atoms with van der Waals surface area (Å²) in [6, 6.07) is 11.3. The van der Waals surface area contributed by atoms with Gasteiger partial charge in [-0.2, -0.15) is 0 Å². The lowest BCUT2D eigenvalue weighted by Gasteiger charge is -2.26. The molecule has 0 bridgehead atoms. The zero-order valence-corrected chi connectivity index (χ0v) is 14.9. The molecule has 1 unspecified atom stereocenters. The fourth-order valence-corrected chi connectivity index (χ4v) is 3.41. The molecule has 0 radical (unpaired) electrons. The average molecular weight is 364 g/mol. The Bertz CT molecular complexity index is 978. The van der Waals surface area contributed by atoms with E-state index in [0.29, 0.717) is 24.4 Å². The van der Waals surface area contributed by atoms with Crippen molar-refractivity contribution in [3.05, 3.63) is 60.0 Å². The van der Waals surface area contributed by atoms with Crippen molar-refractivity contribution in [3.8, 4) is 5.75 Å². The number of carbonyl (C=O) groups excluding carboxylic acids is 2. The maximum absolute atomic E-state index is 12.7. The van der Waals surface area contributed by atoms with Crippen LogP contribution in [0.3, 0.4) is 0 Å². The molecule has 0 fully saturated rings. The number of ether oxygens (including phenoxy) is 1. The largest absolute Gasteiger partial charge is 0.495 e. The van der Waals surface area contributed by atoms with Gasteiger partial charge in [-0.3, -0.25) is 9.59 Å². The minimum Gasteiger partial charge on any atom is -0.495 e. The zero-order chi connectivity index (χ0) is 18.8. The third kappa shape index (κ3) is 3.36. The van der Waals surface area contributed by atoms with E-state index in [2.05, 4.69) is 15.6 Å². The van der Waals surface area contributed by atoms with E-state index in [1.165, 1.54) is 0 Å². The molecule has 3 heterocycles. The molecule has 27 heavy (non-hydrogen) atoms. The number of hydrogen-bond acceptors (Lipinski definition) is 4. The van der Waals surface area contributed by atoms with Gasteiger partial charge in [-0.05, 0) is 23.8 Å². The van der Waals surface area contributed by atoms with E-state index in [4.69, 9.17) is 4.74 Å². The van der Waals surface area contributed by atoms with Crippen LogP contribution >= 0.6 is 0 Å². The number of amides is 2. The molecular formula is C20H20N4O3. The molecular weight excluding hydrogens is 344 g/mol. The van der Waals surface area contributed by atoms with Crippen molar-refractivity contribution < 1.29 is 14.3 Å². The van der Waals surface area contributed by atoms with Gasteiger partial charge in [-0.15, -0.1) is 0 Å². The van der Waals surface area contributed by atoms with Crippen LogP contribution in [0.4, 0.5) is 5.69 Å². The molecule has 1 aromatic carbocycles. The number of rotatable bonds is 5. The van der Waals surface area contributed by atoms with Crippen molar-refractivity contribution in [2.45, 2.75) is 18.8 Å². The van der Waals surface area contributed by atoms with Gasteiger partial charge in [0, 0.05) is 31.8 Å². The molecule has 2 amide bonds. The van der Waals surface area contributed by atoms with Crippen molar-refractivity contribution in [3.63, 3.8) is 0 Å². The van der Waals surface area contributed by atoms with E-state index in [-0.39, 0.29) is 18.2 Å². The van der Waals surface area contributed by atoms with Gasteiger partial charge in [0.25, 0.3) is 0 Å². The number of para-hydroxylation sites is 1. The number of nitrogens with one attached hydrogen (secondary N) is 2. The first-order valence-corrected chi connectivity index (χ1v) is 8.83. The molecule has 0 spiro atoms. The molecule has 3 aromatic rings. The van der Waals surface area contributed by atoms with E-state index in [0.717, 1.165) is 16.9 Å². The number of benzene rings is 1. The number of hydrogen-bond donors (Lipinski definition) is 2. The van der Waals surface area contributed by atoms with Crippen LogP contribution in [0, 0.1) is 0 Å². The Labute approximate surface area is 156 Å². The van der Waals surface area contributed by atoms with Crippen LogP contribution < -0.4 is 15.4 Å². The van der Waals surface area contributed by atoms with Crippen LogP contribution in [0.1, 0.15) is 23.6 Å². The smallest absolute Gasteiger partial charge is 0.228 e. The first kappa shape index (κ1) is 17.1. The van der Waals surface area contributed by atoms with Crippen LogP contribution in [-0.2, 0) is 16.0 Å².